The van der Waals surface area contributed by atoms with Crippen molar-refractivity contribution >= 4 is 23.4 Å². The lowest BCUT2D eigenvalue weighted by atomic mass is 10.1. The van der Waals surface area contributed by atoms with Crippen molar-refractivity contribution in [3.63, 3.8) is 0 Å². The van der Waals surface area contributed by atoms with E-state index >= 15 is 0 Å². The Morgan fingerprint density at radius 1 is 1.44 bits per heavy atom. The topological polar surface area (TPSA) is 79.3 Å². The maximum Gasteiger partial charge on any atom is 0.237 e. The predicted molar refractivity (Wildman–Crippen MR) is 97.6 cm³/mol. The highest BCUT2D eigenvalue weighted by Gasteiger charge is 2.32. The highest BCUT2D eigenvalue weighted by Crippen LogP contribution is 2.18. The third kappa shape index (κ3) is 4.95. The molecule has 0 bridgehead atoms. The van der Waals surface area contributed by atoms with Gasteiger partial charge in [0.2, 0.25) is 11.8 Å². The maximum absolute atomic E-state index is 12.2. The average Bonchev–Trinajstić information content (AvgIpc) is 2.80. The summed E-state index contributed by atoms with van der Waals surface area (Å²) in [6, 6.07) is -0.150. The van der Waals surface area contributed by atoms with Crippen molar-refractivity contribution in [3.05, 3.63) is 16.4 Å². The first kappa shape index (κ1) is 19.7. The van der Waals surface area contributed by atoms with Crippen molar-refractivity contribution in [2.45, 2.75) is 59.2 Å². The van der Waals surface area contributed by atoms with Gasteiger partial charge in [0.15, 0.2) is 0 Å². The van der Waals surface area contributed by atoms with Crippen molar-refractivity contribution in [3.8, 4) is 0 Å². The molecule has 25 heavy (non-hydrogen) atoms. The van der Waals surface area contributed by atoms with E-state index in [2.05, 4.69) is 20.6 Å². The Morgan fingerprint density at radius 2 is 2.16 bits per heavy atom. The standard InChI is InChI=1S/C17H28ClN5O2/c1-11(2)22-9-7-20-17(25)14(22)10-15(24)19-6-5-8-23-13(4)16(18)12(3)21-23/h11,14H,5-10H2,1-4H3,(H,19,24)(H,20,25). The molecule has 7 nitrogen and oxygen atoms in total. The van der Waals surface area contributed by atoms with Crippen LogP contribution < -0.4 is 10.6 Å². The fraction of sp³-hybridized carbons (Fsp3) is 0.706. The van der Waals surface area contributed by atoms with Gasteiger partial charge in [-0.15, -0.1) is 0 Å². The monoisotopic (exact) mass is 369 g/mol. The van der Waals surface area contributed by atoms with Gasteiger partial charge in [0.25, 0.3) is 0 Å². The molecule has 2 rings (SSSR count). The second kappa shape index (κ2) is 8.67. The summed E-state index contributed by atoms with van der Waals surface area (Å²) >= 11 is 6.13. The van der Waals surface area contributed by atoms with Crippen molar-refractivity contribution in [1.82, 2.24) is 25.3 Å². The highest BCUT2D eigenvalue weighted by atomic mass is 35.5. The van der Waals surface area contributed by atoms with Crippen LogP contribution in [0.3, 0.4) is 0 Å². The number of amides is 2. The highest BCUT2D eigenvalue weighted by molar-refractivity contribution is 6.31. The van der Waals surface area contributed by atoms with Gasteiger partial charge in [-0.05, 0) is 34.1 Å². The normalized spacial score (nSPS) is 18.5. The molecular formula is C17H28ClN5O2. The van der Waals surface area contributed by atoms with Gasteiger partial charge in [-0.25, -0.2) is 0 Å². The van der Waals surface area contributed by atoms with E-state index in [1.54, 1.807) is 0 Å². The number of piperazine rings is 1. The van der Waals surface area contributed by atoms with E-state index in [1.165, 1.54) is 0 Å². The fourth-order valence-corrected chi connectivity index (χ4v) is 3.29. The van der Waals surface area contributed by atoms with Gasteiger partial charge in [0.05, 0.1) is 28.9 Å². The second-order valence-electron chi connectivity index (χ2n) is 6.75. The van der Waals surface area contributed by atoms with Gasteiger partial charge in [-0.3, -0.25) is 19.2 Å². The Kier molecular flexibility index (Phi) is 6.84. The van der Waals surface area contributed by atoms with Crippen LogP contribution in [0.15, 0.2) is 0 Å². The van der Waals surface area contributed by atoms with Crippen LogP contribution in [0.2, 0.25) is 5.02 Å². The first-order valence-electron chi connectivity index (χ1n) is 8.81. The van der Waals surface area contributed by atoms with E-state index in [-0.39, 0.29) is 30.3 Å². The molecule has 1 aliphatic heterocycles. The molecule has 1 atom stereocenters. The van der Waals surface area contributed by atoms with Gasteiger partial charge in [0.1, 0.15) is 0 Å². The summed E-state index contributed by atoms with van der Waals surface area (Å²) in [5, 5.41) is 10.8. The van der Waals surface area contributed by atoms with Gasteiger partial charge >= 0.3 is 0 Å². The lowest BCUT2D eigenvalue weighted by Gasteiger charge is -2.37. The molecule has 1 aromatic heterocycles. The SMILES string of the molecule is Cc1nn(CCCNC(=O)CC2C(=O)NCCN2C(C)C)c(C)c1Cl. The molecule has 1 unspecified atom stereocenters. The Labute approximate surface area is 154 Å². The number of hydrogen-bond acceptors (Lipinski definition) is 4. The molecule has 140 valence electrons. The van der Waals surface area contributed by atoms with Gasteiger partial charge in [0, 0.05) is 32.2 Å². The van der Waals surface area contributed by atoms with Crippen LogP contribution in [0.4, 0.5) is 0 Å². The zero-order valence-electron chi connectivity index (χ0n) is 15.4. The molecule has 1 fully saturated rings. The van der Waals surface area contributed by atoms with E-state index < -0.39 is 0 Å². The smallest absolute Gasteiger partial charge is 0.237 e. The number of nitrogens with one attached hydrogen (secondary N) is 2. The van der Waals surface area contributed by atoms with Crippen molar-refractivity contribution in [2.75, 3.05) is 19.6 Å². The first-order valence-corrected chi connectivity index (χ1v) is 9.18. The van der Waals surface area contributed by atoms with E-state index in [4.69, 9.17) is 11.6 Å². The fourth-order valence-electron chi connectivity index (χ4n) is 3.16. The molecule has 0 saturated carbocycles. The number of aromatic nitrogens is 2. The molecule has 0 radical (unpaired) electrons. The number of hydrogen-bond donors (Lipinski definition) is 2. The quantitative estimate of drug-likeness (QED) is 0.709. The van der Waals surface area contributed by atoms with Crippen LogP contribution in [0, 0.1) is 13.8 Å². The van der Waals surface area contributed by atoms with E-state index in [9.17, 15) is 9.59 Å². The zero-order chi connectivity index (χ0) is 18.6. The Morgan fingerprint density at radius 3 is 2.76 bits per heavy atom. The summed E-state index contributed by atoms with van der Waals surface area (Å²) in [4.78, 5) is 26.4. The van der Waals surface area contributed by atoms with Crippen LogP contribution >= 0.6 is 11.6 Å². The summed E-state index contributed by atoms with van der Waals surface area (Å²) in [7, 11) is 0. The lowest BCUT2D eigenvalue weighted by Crippen LogP contribution is -2.58. The lowest BCUT2D eigenvalue weighted by molar-refractivity contribution is -0.134. The number of nitrogens with zero attached hydrogens (tertiary/aromatic N) is 3. The minimum absolute atomic E-state index is 0.0626. The van der Waals surface area contributed by atoms with Crippen LogP contribution in [0.25, 0.3) is 0 Å². The van der Waals surface area contributed by atoms with Crippen LogP contribution in [-0.2, 0) is 16.1 Å². The van der Waals surface area contributed by atoms with Crippen LogP contribution in [-0.4, -0.2) is 58.2 Å². The summed E-state index contributed by atoms with van der Waals surface area (Å²) in [5.41, 5.74) is 1.76. The second-order valence-corrected chi connectivity index (χ2v) is 7.13. The molecule has 1 aliphatic rings. The predicted octanol–water partition coefficient (Wildman–Crippen LogP) is 1.26. The Balaban J connectivity index is 1.78. The molecule has 0 aromatic carbocycles. The molecule has 2 N–H and O–H groups in total. The summed E-state index contributed by atoms with van der Waals surface area (Å²) in [5.74, 6) is -0.161. The third-order valence-electron chi connectivity index (χ3n) is 4.58. The minimum Gasteiger partial charge on any atom is -0.356 e. The Bertz CT molecular complexity index is 629. The molecule has 1 aromatic rings. The van der Waals surface area contributed by atoms with Crippen molar-refractivity contribution in [1.29, 1.82) is 0 Å². The summed E-state index contributed by atoms with van der Waals surface area (Å²) in [6.07, 6.45) is 0.949. The molecular weight excluding hydrogens is 342 g/mol. The number of halogens is 1. The molecule has 0 spiro atoms. The molecule has 0 aliphatic carbocycles. The first-order chi connectivity index (χ1) is 11.8. The minimum atomic E-state index is -0.386. The number of carbonyl (C=O) groups excluding carboxylic acids is 2. The third-order valence-corrected chi connectivity index (χ3v) is 5.12. The maximum atomic E-state index is 12.2. The number of aryl methyl sites for hydroxylation is 2. The van der Waals surface area contributed by atoms with E-state index in [0.717, 1.165) is 24.4 Å². The van der Waals surface area contributed by atoms with Crippen LogP contribution in [0.5, 0.6) is 0 Å². The zero-order valence-corrected chi connectivity index (χ0v) is 16.2. The summed E-state index contributed by atoms with van der Waals surface area (Å²) < 4.78 is 1.86. The van der Waals surface area contributed by atoms with Gasteiger partial charge < -0.3 is 10.6 Å². The van der Waals surface area contributed by atoms with Gasteiger partial charge in [-0.2, -0.15) is 5.10 Å². The van der Waals surface area contributed by atoms with E-state index in [1.807, 2.05) is 32.4 Å². The molecule has 8 heteroatoms. The van der Waals surface area contributed by atoms with Crippen molar-refractivity contribution < 1.29 is 9.59 Å². The van der Waals surface area contributed by atoms with Crippen molar-refractivity contribution in [2.24, 2.45) is 0 Å². The molecule has 2 heterocycles. The molecule has 1 saturated heterocycles. The largest absolute Gasteiger partial charge is 0.356 e. The summed E-state index contributed by atoms with van der Waals surface area (Å²) in [6.45, 7) is 10.6. The number of carbonyl (C=O) groups is 2. The average molecular weight is 370 g/mol. The number of rotatable bonds is 7. The van der Waals surface area contributed by atoms with E-state index in [0.29, 0.717) is 24.7 Å². The Hall–Kier alpha value is -1.60. The van der Waals surface area contributed by atoms with Crippen LogP contribution in [0.1, 0.15) is 38.1 Å². The van der Waals surface area contributed by atoms with Gasteiger partial charge in [-0.1, -0.05) is 11.6 Å². The molecule has 2 amide bonds.